The highest BCUT2D eigenvalue weighted by atomic mass is 15.4. The van der Waals surface area contributed by atoms with E-state index < -0.39 is 0 Å². The highest BCUT2D eigenvalue weighted by Gasteiger charge is 2.13. The lowest BCUT2D eigenvalue weighted by molar-refractivity contribution is 0.743. The van der Waals surface area contributed by atoms with Crippen LogP contribution in [0.2, 0.25) is 0 Å². The molecule has 0 saturated carbocycles. The zero-order valence-electron chi connectivity index (χ0n) is 11.2. The smallest absolute Gasteiger partial charge is 0.153 e. The molecule has 0 aliphatic carbocycles. The molecule has 2 rings (SSSR count). The Labute approximate surface area is 108 Å². The minimum atomic E-state index is 0.326. The van der Waals surface area contributed by atoms with Crippen LogP contribution in [-0.4, -0.2) is 21.3 Å². The fourth-order valence-corrected chi connectivity index (χ4v) is 1.86. The summed E-state index contributed by atoms with van der Waals surface area (Å²) in [6.07, 6.45) is 0.744. The number of hydrogen-bond donors (Lipinski definition) is 1. The summed E-state index contributed by atoms with van der Waals surface area (Å²) in [7, 11) is 0. The minimum absolute atomic E-state index is 0.326. The van der Waals surface area contributed by atoms with Gasteiger partial charge in [0, 0.05) is 12.3 Å². The monoisotopic (exact) mass is 244 g/mol. The van der Waals surface area contributed by atoms with Crippen LogP contribution in [0.5, 0.6) is 0 Å². The van der Waals surface area contributed by atoms with Gasteiger partial charge in [-0.3, -0.25) is 0 Å². The molecule has 0 bridgehead atoms. The fourth-order valence-electron chi connectivity index (χ4n) is 1.86. The quantitative estimate of drug-likeness (QED) is 0.897. The molecule has 0 spiro atoms. The second-order valence-corrected chi connectivity index (χ2v) is 4.83. The molecule has 2 aromatic rings. The number of nitrogens with zero attached hydrogens (tertiary/aromatic N) is 3. The summed E-state index contributed by atoms with van der Waals surface area (Å²) in [4.78, 5) is 4.58. The van der Waals surface area contributed by atoms with E-state index in [2.05, 4.69) is 43.0 Å². The van der Waals surface area contributed by atoms with Crippen molar-refractivity contribution in [2.75, 3.05) is 6.54 Å². The molecule has 0 saturated heterocycles. The first-order valence-corrected chi connectivity index (χ1v) is 6.34. The normalized spacial score (nSPS) is 11.2. The maximum atomic E-state index is 5.64. The van der Waals surface area contributed by atoms with E-state index in [0.29, 0.717) is 12.5 Å². The first kappa shape index (κ1) is 12.8. The standard InChI is InChI=1S/C14H20N4/c1-10(2)14-16-13(7-8-15)18(17-14)12-6-4-5-11(3)9-12/h4-6,9-10H,7-8,15H2,1-3H3. The van der Waals surface area contributed by atoms with Gasteiger partial charge in [0.15, 0.2) is 5.82 Å². The van der Waals surface area contributed by atoms with Crippen molar-refractivity contribution in [3.05, 3.63) is 41.5 Å². The van der Waals surface area contributed by atoms with Crippen LogP contribution in [0.25, 0.3) is 5.69 Å². The van der Waals surface area contributed by atoms with E-state index in [1.807, 2.05) is 16.8 Å². The second kappa shape index (κ2) is 5.31. The molecule has 18 heavy (non-hydrogen) atoms. The molecule has 2 N–H and O–H groups in total. The van der Waals surface area contributed by atoms with Gasteiger partial charge in [0.2, 0.25) is 0 Å². The first-order valence-electron chi connectivity index (χ1n) is 6.34. The highest BCUT2D eigenvalue weighted by molar-refractivity contribution is 5.35. The molecule has 96 valence electrons. The summed E-state index contributed by atoms with van der Waals surface area (Å²) in [5.74, 6) is 2.14. The van der Waals surface area contributed by atoms with E-state index >= 15 is 0 Å². The van der Waals surface area contributed by atoms with Crippen molar-refractivity contribution in [1.82, 2.24) is 14.8 Å². The van der Waals surface area contributed by atoms with E-state index in [4.69, 9.17) is 5.73 Å². The summed E-state index contributed by atoms with van der Waals surface area (Å²) in [5.41, 5.74) is 7.91. The molecule has 4 nitrogen and oxygen atoms in total. The van der Waals surface area contributed by atoms with Gasteiger partial charge in [-0.15, -0.1) is 0 Å². The van der Waals surface area contributed by atoms with Gasteiger partial charge in [0.25, 0.3) is 0 Å². The van der Waals surface area contributed by atoms with Crippen LogP contribution in [0, 0.1) is 6.92 Å². The maximum Gasteiger partial charge on any atom is 0.153 e. The summed E-state index contributed by atoms with van der Waals surface area (Å²) >= 11 is 0. The van der Waals surface area contributed by atoms with E-state index in [9.17, 15) is 0 Å². The lowest BCUT2D eigenvalue weighted by Gasteiger charge is -2.05. The van der Waals surface area contributed by atoms with E-state index in [0.717, 1.165) is 23.8 Å². The summed E-state index contributed by atoms with van der Waals surface area (Å²) in [6, 6.07) is 8.27. The molecule has 0 aliphatic heterocycles. The molecule has 0 atom stereocenters. The van der Waals surface area contributed by atoms with Crippen LogP contribution in [0.1, 0.15) is 37.0 Å². The SMILES string of the molecule is Cc1cccc(-n2nc(C(C)C)nc2CCN)c1. The lowest BCUT2D eigenvalue weighted by atomic mass is 10.2. The molecule has 1 aromatic heterocycles. The Morgan fingerprint density at radius 1 is 1.33 bits per heavy atom. The average Bonchev–Trinajstić information content (AvgIpc) is 2.74. The molecular weight excluding hydrogens is 224 g/mol. The predicted molar refractivity (Wildman–Crippen MR) is 72.9 cm³/mol. The van der Waals surface area contributed by atoms with Crippen molar-refractivity contribution in [3.8, 4) is 5.69 Å². The summed E-state index contributed by atoms with van der Waals surface area (Å²) < 4.78 is 1.91. The third-order valence-electron chi connectivity index (χ3n) is 2.82. The van der Waals surface area contributed by atoms with Gasteiger partial charge in [-0.1, -0.05) is 26.0 Å². The Morgan fingerprint density at radius 2 is 2.11 bits per heavy atom. The van der Waals surface area contributed by atoms with Crippen LogP contribution in [0.4, 0.5) is 0 Å². The molecule has 0 amide bonds. The van der Waals surface area contributed by atoms with Gasteiger partial charge in [-0.25, -0.2) is 9.67 Å². The fraction of sp³-hybridized carbons (Fsp3) is 0.429. The maximum absolute atomic E-state index is 5.64. The van der Waals surface area contributed by atoms with Crippen LogP contribution in [0.15, 0.2) is 24.3 Å². The Kier molecular flexibility index (Phi) is 3.77. The topological polar surface area (TPSA) is 56.7 Å². The zero-order chi connectivity index (χ0) is 13.1. The van der Waals surface area contributed by atoms with Crippen LogP contribution >= 0.6 is 0 Å². The Hall–Kier alpha value is -1.68. The number of aromatic nitrogens is 3. The van der Waals surface area contributed by atoms with E-state index in [-0.39, 0.29) is 0 Å². The summed E-state index contributed by atoms with van der Waals surface area (Å²) in [5, 5.41) is 4.59. The molecular formula is C14H20N4. The molecule has 0 fully saturated rings. The Morgan fingerprint density at radius 3 is 2.72 bits per heavy atom. The van der Waals surface area contributed by atoms with Gasteiger partial charge in [0.1, 0.15) is 5.82 Å². The lowest BCUT2D eigenvalue weighted by Crippen LogP contribution is -2.09. The Bertz CT molecular complexity index is 528. The number of hydrogen-bond acceptors (Lipinski definition) is 3. The molecule has 1 heterocycles. The third kappa shape index (κ3) is 2.59. The largest absolute Gasteiger partial charge is 0.330 e. The van der Waals surface area contributed by atoms with Crippen LogP contribution in [-0.2, 0) is 6.42 Å². The van der Waals surface area contributed by atoms with E-state index in [1.165, 1.54) is 5.56 Å². The van der Waals surface area contributed by atoms with Gasteiger partial charge >= 0.3 is 0 Å². The van der Waals surface area contributed by atoms with E-state index in [1.54, 1.807) is 0 Å². The van der Waals surface area contributed by atoms with Crippen LogP contribution < -0.4 is 5.73 Å². The molecule has 0 unspecified atom stereocenters. The van der Waals surface area contributed by atoms with Crippen molar-refractivity contribution in [2.24, 2.45) is 5.73 Å². The minimum Gasteiger partial charge on any atom is -0.330 e. The van der Waals surface area contributed by atoms with Gasteiger partial charge in [-0.2, -0.15) is 5.10 Å². The van der Waals surface area contributed by atoms with Crippen LogP contribution in [0.3, 0.4) is 0 Å². The molecule has 0 aliphatic rings. The van der Waals surface area contributed by atoms with Crippen molar-refractivity contribution in [2.45, 2.75) is 33.1 Å². The first-order chi connectivity index (χ1) is 8.61. The molecule has 0 radical (unpaired) electrons. The predicted octanol–water partition coefficient (Wildman–Crippen LogP) is 2.20. The number of aryl methyl sites for hydroxylation is 1. The molecule has 4 heteroatoms. The molecule has 1 aromatic carbocycles. The van der Waals surface area contributed by atoms with Gasteiger partial charge in [0.05, 0.1) is 5.69 Å². The van der Waals surface area contributed by atoms with Crippen molar-refractivity contribution in [3.63, 3.8) is 0 Å². The number of rotatable bonds is 4. The highest BCUT2D eigenvalue weighted by Crippen LogP contribution is 2.16. The Balaban J connectivity index is 2.47. The third-order valence-corrected chi connectivity index (χ3v) is 2.82. The van der Waals surface area contributed by atoms with Crippen molar-refractivity contribution < 1.29 is 0 Å². The van der Waals surface area contributed by atoms with Crippen molar-refractivity contribution >= 4 is 0 Å². The van der Waals surface area contributed by atoms with Crippen molar-refractivity contribution in [1.29, 1.82) is 0 Å². The zero-order valence-corrected chi connectivity index (χ0v) is 11.2. The number of benzene rings is 1. The average molecular weight is 244 g/mol. The van der Waals surface area contributed by atoms with Gasteiger partial charge in [-0.05, 0) is 31.2 Å². The second-order valence-electron chi connectivity index (χ2n) is 4.83. The van der Waals surface area contributed by atoms with Gasteiger partial charge < -0.3 is 5.73 Å². The number of nitrogens with two attached hydrogens (primary N) is 1. The summed E-state index contributed by atoms with van der Waals surface area (Å²) in [6.45, 7) is 6.86.